The van der Waals surface area contributed by atoms with Crippen LogP contribution in [0.5, 0.6) is 5.75 Å². The third-order valence-electron chi connectivity index (χ3n) is 8.29. The lowest BCUT2D eigenvalue weighted by Gasteiger charge is -2.34. The van der Waals surface area contributed by atoms with Gasteiger partial charge in [0.2, 0.25) is 10.0 Å². The topological polar surface area (TPSA) is 125 Å². The third kappa shape index (κ3) is 5.47. The normalized spacial score (nSPS) is 22.6. The number of rotatable bonds is 7. The molecule has 4 heterocycles. The molecule has 3 aromatic heterocycles. The fraction of sp³-hybridized carbons (Fsp3) is 0.448. The number of hydrogen-bond donors (Lipinski definition) is 1. The monoisotopic (exact) mass is 544 g/mol. The largest absolute Gasteiger partial charge is 0.493 e. The summed E-state index contributed by atoms with van der Waals surface area (Å²) in [7, 11) is -3.34. The quantitative estimate of drug-likeness (QED) is 0.355. The maximum absolute atomic E-state index is 13.4. The van der Waals surface area contributed by atoms with Gasteiger partial charge in [0.25, 0.3) is 0 Å². The van der Waals surface area contributed by atoms with Crippen molar-refractivity contribution in [3.05, 3.63) is 60.0 Å². The van der Waals surface area contributed by atoms with Crippen molar-refractivity contribution in [2.45, 2.75) is 44.4 Å². The van der Waals surface area contributed by atoms with Gasteiger partial charge in [-0.25, -0.2) is 22.7 Å². The van der Waals surface area contributed by atoms with Crippen LogP contribution in [0.15, 0.2) is 48.9 Å². The van der Waals surface area contributed by atoms with Gasteiger partial charge in [-0.15, -0.1) is 0 Å². The zero-order valence-corrected chi connectivity index (χ0v) is 22.6. The predicted molar refractivity (Wildman–Crippen MR) is 149 cm³/mol. The molecule has 1 aliphatic carbocycles. The molecule has 9 nitrogen and oxygen atoms in total. The molecule has 0 spiro atoms. The second kappa shape index (κ2) is 10.9. The van der Waals surface area contributed by atoms with Gasteiger partial charge in [-0.1, -0.05) is 0 Å². The number of H-pyrrole nitrogens is 1. The predicted octanol–water partition coefficient (Wildman–Crippen LogP) is 4.77. The number of aromatic nitrogens is 4. The lowest BCUT2D eigenvalue weighted by molar-refractivity contribution is 0.179. The molecule has 39 heavy (non-hydrogen) atoms. The minimum Gasteiger partial charge on any atom is -0.493 e. The van der Waals surface area contributed by atoms with Crippen LogP contribution in [-0.2, 0) is 10.0 Å². The molecule has 1 aromatic carbocycles. The van der Waals surface area contributed by atoms with Crippen LogP contribution in [0.2, 0.25) is 0 Å². The lowest BCUT2D eigenvalue weighted by Crippen LogP contribution is -2.43. The van der Waals surface area contributed by atoms with Crippen LogP contribution < -0.4 is 4.74 Å². The van der Waals surface area contributed by atoms with E-state index in [1.54, 1.807) is 41.0 Å². The van der Waals surface area contributed by atoms with Crippen molar-refractivity contribution in [2.75, 3.05) is 25.4 Å². The molecule has 4 aromatic rings. The minimum atomic E-state index is -3.34. The number of hydrogen-bond acceptors (Lipinski definition) is 7. The van der Waals surface area contributed by atoms with Crippen molar-refractivity contribution < 1.29 is 13.2 Å². The number of ether oxygens (including phenoxy) is 1. The Labute approximate surface area is 228 Å². The molecular formula is C29H32N6O3S. The molecule has 2 fully saturated rings. The lowest BCUT2D eigenvalue weighted by atomic mass is 9.79. The van der Waals surface area contributed by atoms with Crippen molar-refractivity contribution in [2.24, 2.45) is 11.8 Å². The number of fused-ring (bicyclic) bond motifs is 3. The van der Waals surface area contributed by atoms with E-state index in [1.165, 1.54) is 5.56 Å². The first kappa shape index (κ1) is 25.7. The van der Waals surface area contributed by atoms with Crippen LogP contribution in [0, 0.1) is 23.2 Å². The first-order chi connectivity index (χ1) is 19.0. The third-order valence-corrected chi connectivity index (χ3v) is 10.3. The molecule has 1 N–H and O–H groups in total. The number of nitrogens with zero attached hydrogens (tertiary/aromatic N) is 5. The summed E-state index contributed by atoms with van der Waals surface area (Å²) in [5.74, 6) is 1.58. The Kier molecular flexibility index (Phi) is 7.19. The molecule has 1 unspecified atom stereocenters. The van der Waals surface area contributed by atoms with E-state index in [-0.39, 0.29) is 17.6 Å². The van der Waals surface area contributed by atoms with Gasteiger partial charge in [0.05, 0.1) is 41.9 Å². The van der Waals surface area contributed by atoms with Gasteiger partial charge < -0.3 is 4.74 Å². The number of pyridine rings is 1. The van der Waals surface area contributed by atoms with Crippen molar-refractivity contribution in [1.82, 2.24) is 24.5 Å². The Morgan fingerprint density at radius 1 is 1.03 bits per heavy atom. The average molecular weight is 545 g/mol. The molecule has 0 amide bonds. The van der Waals surface area contributed by atoms with Crippen LogP contribution in [0.3, 0.4) is 0 Å². The van der Waals surface area contributed by atoms with Crippen LogP contribution in [0.1, 0.15) is 55.6 Å². The highest BCUT2D eigenvalue weighted by molar-refractivity contribution is 7.89. The summed E-state index contributed by atoms with van der Waals surface area (Å²) in [6, 6.07) is 11.1. The SMILES string of the molecule is N#Cc1ccc(OCC2CCCN(S(=O)(=O)CC3CCC(c4cn[nH]c5cnc6nccc6c45)CC3)C2)cc1. The Hall–Kier alpha value is -3.55. The number of benzene rings is 1. The molecule has 10 heteroatoms. The van der Waals surface area contributed by atoms with Gasteiger partial charge in [0.1, 0.15) is 5.75 Å². The van der Waals surface area contributed by atoms with Crippen LogP contribution in [-0.4, -0.2) is 58.3 Å². The smallest absolute Gasteiger partial charge is 0.214 e. The summed E-state index contributed by atoms with van der Waals surface area (Å²) in [6.07, 6.45) is 11.0. The van der Waals surface area contributed by atoms with E-state index in [9.17, 15) is 8.42 Å². The maximum Gasteiger partial charge on any atom is 0.214 e. The van der Waals surface area contributed by atoms with Gasteiger partial charge in [-0.05, 0) is 86.3 Å². The molecule has 1 atom stereocenters. The van der Waals surface area contributed by atoms with Gasteiger partial charge in [0.15, 0.2) is 5.65 Å². The van der Waals surface area contributed by atoms with Crippen molar-refractivity contribution >= 4 is 32.0 Å². The molecule has 2 aliphatic rings. The molecule has 1 saturated carbocycles. The molecule has 6 rings (SSSR count). The van der Waals surface area contributed by atoms with Gasteiger partial charge in [-0.3, -0.25) is 5.10 Å². The first-order valence-electron chi connectivity index (χ1n) is 13.7. The highest BCUT2D eigenvalue weighted by Gasteiger charge is 2.33. The van der Waals surface area contributed by atoms with E-state index in [0.29, 0.717) is 36.9 Å². The zero-order valence-electron chi connectivity index (χ0n) is 21.8. The number of nitrogens with one attached hydrogen (secondary N) is 1. The number of piperidine rings is 1. The van der Waals surface area contributed by atoms with E-state index >= 15 is 0 Å². The molecule has 0 radical (unpaired) electrons. The van der Waals surface area contributed by atoms with Gasteiger partial charge in [-0.2, -0.15) is 10.4 Å². The maximum atomic E-state index is 13.4. The standard InChI is InChI=1S/C29H32N6O3S/c30-14-20-5-9-24(10-6-20)38-18-22-2-1-13-35(17-22)39(36,37)19-21-3-7-23(8-4-21)26-15-33-34-27-16-32-29-25(28(26)27)11-12-31-29/h5-6,9-12,15-16,21-23,34H,1-4,7-8,13,17-19H2. The summed E-state index contributed by atoms with van der Waals surface area (Å²) in [4.78, 5) is 8.77. The average Bonchev–Trinajstić information content (AvgIpc) is 3.46. The first-order valence-corrected chi connectivity index (χ1v) is 15.3. The molecule has 0 bridgehead atoms. The minimum absolute atomic E-state index is 0.160. The van der Waals surface area contributed by atoms with E-state index in [1.807, 2.05) is 12.3 Å². The summed E-state index contributed by atoms with van der Waals surface area (Å²) >= 11 is 0. The van der Waals surface area contributed by atoms with Crippen molar-refractivity contribution in [3.8, 4) is 11.8 Å². The Balaban J connectivity index is 1.06. The van der Waals surface area contributed by atoms with Gasteiger partial charge in [0, 0.05) is 36.0 Å². The fourth-order valence-corrected chi connectivity index (χ4v) is 8.18. The van der Waals surface area contributed by atoms with Gasteiger partial charge >= 0.3 is 0 Å². The van der Waals surface area contributed by atoms with E-state index in [0.717, 1.165) is 60.5 Å². The van der Waals surface area contributed by atoms with E-state index in [4.69, 9.17) is 10.00 Å². The number of sulfonamides is 1. The summed E-state index contributed by atoms with van der Waals surface area (Å²) in [5.41, 5.74) is 3.44. The molecule has 1 aliphatic heterocycles. The fourth-order valence-electron chi connectivity index (χ4n) is 6.20. The second-order valence-corrected chi connectivity index (χ2v) is 12.9. The van der Waals surface area contributed by atoms with Crippen molar-refractivity contribution in [1.29, 1.82) is 5.26 Å². The summed E-state index contributed by atoms with van der Waals surface area (Å²) in [5, 5.41) is 18.5. The van der Waals surface area contributed by atoms with Crippen LogP contribution in [0.4, 0.5) is 0 Å². The zero-order chi connectivity index (χ0) is 26.8. The van der Waals surface area contributed by atoms with Crippen molar-refractivity contribution in [3.63, 3.8) is 0 Å². The van der Waals surface area contributed by atoms with Crippen LogP contribution >= 0.6 is 0 Å². The van der Waals surface area contributed by atoms with E-state index in [2.05, 4.69) is 26.2 Å². The number of aromatic amines is 1. The Bertz CT molecular complexity index is 1600. The molecular weight excluding hydrogens is 512 g/mol. The number of nitriles is 1. The summed E-state index contributed by atoms with van der Waals surface area (Å²) < 4.78 is 34.4. The Morgan fingerprint density at radius 3 is 2.64 bits per heavy atom. The molecule has 202 valence electrons. The highest BCUT2D eigenvalue weighted by atomic mass is 32.2. The second-order valence-electron chi connectivity index (χ2n) is 10.9. The Morgan fingerprint density at radius 2 is 1.85 bits per heavy atom. The summed E-state index contributed by atoms with van der Waals surface area (Å²) in [6.45, 7) is 1.56. The highest BCUT2D eigenvalue weighted by Crippen LogP contribution is 2.40. The molecule has 1 saturated heterocycles. The van der Waals surface area contributed by atoms with E-state index < -0.39 is 10.0 Å². The van der Waals surface area contributed by atoms with Crippen LogP contribution in [0.25, 0.3) is 21.9 Å².